The Labute approximate surface area is 129 Å². The molecule has 0 saturated heterocycles. The molecule has 2 rings (SSSR count). The van der Waals surface area contributed by atoms with Gasteiger partial charge in [-0.3, -0.25) is 0 Å². The van der Waals surface area contributed by atoms with Crippen molar-refractivity contribution >= 4 is 50.8 Å². The Bertz CT molecular complexity index is 574. The molecule has 0 radical (unpaired) electrons. The Kier molecular flexibility index (Phi) is 4.59. The van der Waals surface area contributed by atoms with Crippen molar-refractivity contribution in [2.24, 2.45) is 0 Å². The van der Waals surface area contributed by atoms with Crippen molar-refractivity contribution in [2.45, 2.75) is 6.54 Å². The van der Waals surface area contributed by atoms with Crippen LogP contribution in [0.25, 0.3) is 0 Å². The quantitative estimate of drug-likeness (QED) is 0.836. The van der Waals surface area contributed by atoms with Crippen molar-refractivity contribution in [1.82, 2.24) is 15.0 Å². The zero-order valence-corrected chi connectivity index (χ0v) is 13.9. The summed E-state index contributed by atoms with van der Waals surface area (Å²) in [5.41, 5.74) is 0. The van der Waals surface area contributed by atoms with Crippen molar-refractivity contribution in [2.75, 3.05) is 30.9 Å². The molecule has 0 aliphatic carbocycles. The molecule has 0 fully saturated rings. The van der Waals surface area contributed by atoms with Gasteiger partial charge in [-0.2, -0.15) is 15.0 Å². The molecule has 5 nitrogen and oxygen atoms in total. The zero-order valence-electron chi connectivity index (χ0n) is 10.8. The molecular formula is C11H13BrClN5S. The Balaban J connectivity index is 2.20. The van der Waals surface area contributed by atoms with Gasteiger partial charge in [0.1, 0.15) is 0 Å². The highest BCUT2D eigenvalue weighted by Crippen LogP contribution is 2.22. The van der Waals surface area contributed by atoms with E-state index in [0.29, 0.717) is 11.9 Å². The van der Waals surface area contributed by atoms with E-state index in [9.17, 15) is 0 Å². The van der Waals surface area contributed by atoms with Gasteiger partial charge in [-0.25, -0.2) is 0 Å². The van der Waals surface area contributed by atoms with Crippen molar-refractivity contribution in [3.05, 3.63) is 26.1 Å². The van der Waals surface area contributed by atoms with Crippen molar-refractivity contribution in [3.8, 4) is 0 Å². The van der Waals surface area contributed by atoms with E-state index < -0.39 is 0 Å². The number of thiophene rings is 1. The van der Waals surface area contributed by atoms with Crippen LogP contribution in [0.1, 0.15) is 4.88 Å². The van der Waals surface area contributed by atoms with E-state index in [1.807, 2.05) is 26.0 Å². The third-order valence-electron chi connectivity index (χ3n) is 2.34. The molecule has 0 amide bonds. The maximum absolute atomic E-state index is 5.92. The third-order valence-corrected chi connectivity index (χ3v) is 4.19. The maximum Gasteiger partial charge on any atom is 0.231 e. The first-order valence-electron chi connectivity index (χ1n) is 5.48. The molecule has 2 aromatic rings. The number of hydrogen-bond acceptors (Lipinski definition) is 6. The van der Waals surface area contributed by atoms with Crippen LogP contribution in [0, 0.1) is 0 Å². The molecule has 19 heavy (non-hydrogen) atoms. The van der Waals surface area contributed by atoms with Gasteiger partial charge in [0.05, 0.1) is 6.54 Å². The summed E-state index contributed by atoms with van der Waals surface area (Å²) in [5.74, 6) is 1.11. The molecule has 0 spiro atoms. The highest BCUT2D eigenvalue weighted by Gasteiger charge is 2.11. The van der Waals surface area contributed by atoms with E-state index in [2.05, 4.69) is 42.3 Å². The second-order valence-corrected chi connectivity index (χ2v) is 6.44. The van der Waals surface area contributed by atoms with Crippen molar-refractivity contribution in [3.63, 3.8) is 0 Å². The first kappa shape index (κ1) is 14.5. The number of anilines is 2. The third kappa shape index (κ3) is 3.77. The number of hydrogen-bond donors (Lipinski definition) is 0. The van der Waals surface area contributed by atoms with Gasteiger partial charge >= 0.3 is 0 Å². The van der Waals surface area contributed by atoms with Crippen LogP contribution < -0.4 is 9.80 Å². The van der Waals surface area contributed by atoms with E-state index in [4.69, 9.17) is 11.6 Å². The number of rotatable bonds is 4. The largest absolute Gasteiger partial charge is 0.347 e. The van der Waals surface area contributed by atoms with Crippen LogP contribution in [0.3, 0.4) is 0 Å². The van der Waals surface area contributed by atoms with Crippen molar-refractivity contribution in [1.29, 1.82) is 0 Å². The minimum Gasteiger partial charge on any atom is -0.347 e. The molecular weight excluding hydrogens is 350 g/mol. The van der Waals surface area contributed by atoms with Gasteiger partial charge in [-0.15, -0.1) is 11.3 Å². The summed E-state index contributed by atoms with van der Waals surface area (Å²) in [6.45, 7) is 0.726. The van der Waals surface area contributed by atoms with Gasteiger partial charge in [0.25, 0.3) is 0 Å². The Morgan fingerprint density at radius 1 is 1.21 bits per heavy atom. The first-order valence-corrected chi connectivity index (χ1v) is 7.53. The summed E-state index contributed by atoms with van der Waals surface area (Å²) in [5, 5.41) is 2.25. The second kappa shape index (κ2) is 6.02. The monoisotopic (exact) mass is 361 g/mol. The lowest BCUT2D eigenvalue weighted by Gasteiger charge is -2.18. The molecule has 0 bridgehead atoms. The second-order valence-electron chi connectivity index (χ2n) is 4.19. The van der Waals surface area contributed by atoms with Gasteiger partial charge in [-0.1, -0.05) is 0 Å². The fourth-order valence-electron chi connectivity index (χ4n) is 1.44. The summed E-state index contributed by atoms with van der Waals surface area (Å²) < 4.78 is 1.09. The van der Waals surface area contributed by atoms with Crippen LogP contribution in [-0.2, 0) is 6.54 Å². The van der Waals surface area contributed by atoms with Crippen LogP contribution in [0.15, 0.2) is 15.9 Å². The maximum atomic E-state index is 5.92. The molecule has 0 aliphatic rings. The summed E-state index contributed by atoms with van der Waals surface area (Å²) in [4.78, 5) is 17.6. The highest BCUT2D eigenvalue weighted by molar-refractivity contribution is 9.10. The minimum absolute atomic E-state index is 0.202. The highest BCUT2D eigenvalue weighted by atomic mass is 79.9. The Hall–Kier alpha value is -0.920. The first-order chi connectivity index (χ1) is 8.95. The topological polar surface area (TPSA) is 45.2 Å². The fourth-order valence-corrected chi connectivity index (χ4v) is 3.10. The lowest BCUT2D eigenvalue weighted by atomic mass is 10.4. The zero-order chi connectivity index (χ0) is 14.0. The van der Waals surface area contributed by atoms with E-state index in [1.165, 1.54) is 4.88 Å². The molecule has 0 aliphatic heterocycles. The predicted octanol–water partition coefficient (Wildman–Crippen LogP) is 3.05. The molecule has 102 valence electrons. The van der Waals surface area contributed by atoms with E-state index in [-0.39, 0.29) is 5.28 Å². The fraction of sp³-hybridized carbons (Fsp3) is 0.364. The Morgan fingerprint density at radius 3 is 2.47 bits per heavy atom. The summed E-state index contributed by atoms with van der Waals surface area (Å²) >= 11 is 11.1. The lowest BCUT2D eigenvalue weighted by Crippen LogP contribution is -2.21. The molecule has 0 aromatic carbocycles. The van der Waals surface area contributed by atoms with E-state index in [0.717, 1.165) is 11.0 Å². The average Bonchev–Trinajstić information content (AvgIpc) is 2.73. The molecule has 2 heterocycles. The Morgan fingerprint density at radius 2 is 1.89 bits per heavy atom. The molecule has 0 N–H and O–H groups in total. The number of aromatic nitrogens is 3. The minimum atomic E-state index is 0.202. The number of halogens is 2. The molecule has 0 atom stereocenters. The van der Waals surface area contributed by atoms with Crippen LogP contribution in [-0.4, -0.2) is 36.1 Å². The van der Waals surface area contributed by atoms with E-state index in [1.54, 1.807) is 16.2 Å². The summed E-state index contributed by atoms with van der Waals surface area (Å²) in [6.07, 6.45) is 0. The van der Waals surface area contributed by atoms with Gasteiger partial charge in [-0.05, 0) is 33.6 Å². The lowest BCUT2D eigenvalue weighted by molar-refractivity contribution is 0.850. The van der Waals surface area contributed by atoms with Crippen molar-refractivity contribution < 1.29 is 0 Å². The SMILES string of the molecule is CN(C)c1nc(Cl)nc(N(C)Cc2cc(Br)cs2)n1. The van der Waals surface area contributed by atoms with Gasteiger partial charge in [0.15, 0.2) is 0 Å². The van der Waals surface area contributed by atoms with Gasteiger partial charge < -0.3 is 9.80 Å². The van der Waals surface area contributed by atoms with Gasteiger partial charge in [0, 0.05) is 35.9 Å². The molecule has 8 heteroatoms. The summed E-state index contributed by atoms with van der Waals surface area (Å²) in [6, 6.07) is 2.08. The summed E-state index contributed by atoms with van der Waals surface area (Å²) in [7, 11) is 5.66. The predicted molar refractivity (Wildman–Crippen MR) is 83.3 cm³/mol. The van der Waals surface area contributed by atoms with Gasteiger partial charge in [0.2, 0.25) is 17.2 Å². The van der Waals surface area contributed by atoms with E-state index >= 15 is 0 Å². The molecule has 0 saturated carbocycles. The molecule has 0 unspecified atom stereocenters. The van der Waals surface area contributed by atoms with Crippen LogP contribution in [0.2, 0.25) is 5.28 Å². The molecule has 2 aromatic heterocycles. The standard InChI is InChI=1S/C11H13BrClN5S/c1-17(2)10-14-9(13)15-11(16-10)18(3)5-8-4-7(12)6-19-8/h4,6H,5H2,1-3H3. The normalized spacial score (nSPS) is 10.6. The van der Waals surface area contributed by atoms with Crippen LogP contribution in [0.5, 0.6) is 0 Å². The smallest absolute Gasteiger partial charge is 0.231 e. The number of nitrogens with zero attached hydrogens (tertiary/aromatic N) is 5. The average molecular weight is 363 g/mol. The van der Waals surface area contributed by atoms with Crippen LogP contribution >= 0.6 is 38.9 Å². The van der Waals surface area contributed by atoms with Crippen LogP contribution in [0.4, 0.5) is 11.9 Å².